The molecule has 0 aromatic heterocycles. The van der Waals surface area contributed by atoms with Crippen LogP contribution in [0.4, 0.5) is 5.69 Å². The van der Waals surface area contributed by atoms with Crippen molar-refractivity contribution in [1.29, 1.82) is 0 Å². The average molecular weight is 277 g/mol. The van der Waals surface area contributed by atoms with Gasteiger partial charge in [-0.15, -0.1) is 0 Å². The number of nitrogens with zero attached hydrogens (tertiary/aromatic N) is 2. The molecule has 2 rings (SSSR count). The lowest BCUT2D eigenvalue weighted by Crippen LogP contribution is -2.42. The largest absolute Gasteiger partial charge is 0.399 e. The Morgan fingerprint density at radius 2 is 1.85 bits per heavy atom. The van der Waals surface area contributed by atoms with Gasteiger partial charge in [-0.25, -0.2) is 0 Å². The Kier molecular flexibility index (Phi) is 5.83. The van der Waals surface area contributed by atoms with Crippen LogP contribution in [0.3, 0.4) is 0 Å². The number of nitrogens with two attached hydrogens (primary N) is 1. The lowest BCUT2D eigenvalue weighted by Gasteiger charge is -2.32. The van der Waals surface area contributed by atoms with E-state index in [1.807, 2.05) is 12.1 Å². The van der Waals surface area contributed by atoms with E-state index in [1.54, 1.807) is 0 Å². The molecule has 1 aliphatic heterocycles. The van der Waals surface area contributed by atoms with Crippen LogP contribution < -0.4 is 5.73 Å². The summed E-state index contributed by atoms with van der Waals surface area (Å²) in [5, 5.41) is 0. The topological polar surface area (TPSA) is 41.7 Å². The Bertz CT molecular complexity index is 385. The Hall–Kier alpha value is -1.10. The summed E-state index contributed by atoms with van der Waals surface area (Å²) in [5.41, 5.74) is 7.90. The van der Waals surface area contributed by atoms with Crippen LogP contribution in [-0.2, 0) is 11.3 Å². The van der Waals surface area contributed by atoms with Crippen molar-refractivity contribution in [3.63, 3.8) is 0 Å². The summed E-state index contributed by atoms with van der Waals surface area (Å²) in [6.45, 7) is 11.6. The van der Waals surface area contributed by atoms with Crippen molar-refractivity contribution in [3.05, 3.63) is 29.8 Å². The highest BCUT2D eigenvalue weighted by Crippen LogP contribution is 2.11. The standard InChI is InChI=1S/C16H27N3O/c1-14(2)19(8-7-18-9-11-20-12-10-18)13-15-3-5-16(17)6-4-15/h3-6,14H,7-13,17H2,1-2H3. The monoisotopic (exact) mass is 277 g/mol. The van der Waals surface area contributed by atoms with E-state index in [0.717, 1.165) is 51.6 Å². The smallest absolute Gasteiger partial charge is 0.0594 e. The van der Waals surface area contributed by atoms with Crippen LogP contribution >= 0.6 is 0 Å². The molecule has 0 amide bonds. The molecule has 1 aromatic rings. The molecule has 0 aliphatic carbocycles. The van der Waals surface area contributed by atoms with Gasteiger partial charge in [0.2, 0.25) is 0 Å². The number of morpholine rings is 1. The molecule has 0 spiro atoms. The van der Waals surface area contributed by atoms with Crippen molar-refractivity contribution in [2.45, 2.75) is 26.4 Å². The molecule has 0 unspecified atom stereocenters. The van der Waals surface area contributed by atoms with Gasteiger partial charge in [-0.1, -0.05) is 12.1 Å². The number of benzene rings is 1. The zero-order valence-electron chi connectivity index (χ0n) is 12.7. The molecule has 1 aliphatic rings. The molecule has 0 saturated carbocycles. The first-order valence-electron chi connectivity index (χ1n) is 7.53. The highest BCUT2D eigenvalue weighted by atomic mass is 16.5. The second-order valence-electron chi connectivity index (χ2n) is 5.76. The summed E-state index contributed by atoms with van der Waals surface area (Å²) in [6.07, 6.45) is 0. The third-order valence-corrected chi connectivity index (χ3v) is 3.90. The molecule has 112 valence electrons. The van der Waals surface area contributed by atoms with Crippen LogP contribution in [0, 0.1) is 0 Å². The van der Waals surface area contributed by atoms with Crippen molar-refractivity contribution in [2.75, 3.05) is 45.1 Å². The molecule has 4 nitrogen and oxygen atoms in total. The molecule has 2 N–H and O–H groups in total. The van der Waals surface area contributed by atoms with Crippen LogP contribution in [0.5, 0.6) is 0 Å². The maximum atomic E-state index is 5.74. The van der Waals surface area contributed by atoms with Gasteiger partial charge >= 0.3 is 0 Å². The summed E-state index contributed by atoms with van der Waals surface area (Å²) in [4.78, 5) is 5.00. The van der Waals surface area contributed by atoms with Gasteiger partial charge < -0.3 is 10.5 Å². The minimum absolute atomic E-state index is 0.550. The van der Waals surface area contributed by atoms with Gasteiger partial charge in [-0.3, -0.25) is 9.80 Å². The number of hydrogen-bond acceptors (Lipinski definition) is 4. The van der Waals surface area contributed by atoms with E-state index in [4.69, 9.17) is 10.5 Å². The van der Waals surface area contributed by atoms with Crippen LogP contribution in [0.25, 0.3) is 0 Å². The predicted molar refractivity (Wildman–Crippen MR) is 83.7 cm³/mol. The fourth-order valence-electron chi connectivity index (χ4n) is 2.47. The van der Waals surface area contributed by atoms with E-state index in [-0.39, 0.29) is 0 Å². The summed E-state index contributed by atoms with van der Waals surface area (Å²) in [6, 6.07) is 8.76. The lowest BCUT2D eigenvalue weighted by atomic mass is 10.1. The second kappa shape index (κ2) is 7.62. The van der Waals surface area contributed by atoms with E-state index in [2.05, 4.69) is 35.8 Å². The summed E-state index contributed by atoms with van der Waals surface area (Å²) >= 11 is 0. The average Bonchev–Trinajstić information content (AvgIpc) is 2.46. The van der Waals surface area contributed by atoms with Crippen molar-refractivity contribution in [2.24, 2.45) is 0 Å². The molecule has 4 heteroatoms. The van der Waals surface area contributed by atoms with E-state index < -0.39 is 0 Å². The van der Waals surface area contributed by atoms with Crippen molar-refractivity contribution < 1.29 is 4.74 Å². The first kappa shape index (κ1) is 15.3. The third-order valence-electron chi connectivity index (χ3n) is 3.90. The van der Waals surface area contributed by atoms with E-state index >= 15 is 0 Å². The van der Waals surface area contributed by atoms with Crippen LogP contribution in [0.1, 0.15) is 19.4 Å². The maximum Gasteiger partial charge on any atom is 0.0594 e. The highest BCUT2D eigenvalue weighted by Gasteiger charge is 2.14. The van der Waals surface area contributed by atoms with Gasteiger partial charge in [0.15, 0.2) is 0 Å². The predicted octanol–water partition coefficient (Wildman–Crippen LogP) is 1.81. The minimum Gasteiger partial charge on any atom is -0.399 e. The number of rotatable bonds is 6. The van der Waals surface area contributed by atoms with Gasteiger partial charge in [0.1, 0.15) is 0 Å². The first-order valence-corrected chi connectivity index (χ1v) is 7.53. The Morgan fingerprint density at radius 3 is 2.45 bits per heavy atom. The Morgan fingerprint density at radius 1 is 1.20 bits per heavy atom. The summed E-state index contributed by atoms with van der Waals surface area (Å²) in [5.74, 6) is 0. The van der Waals surface area contributed by atoms with Gasteiger partial charge in [-0.2, -0.15) is 0 Å². The Balaban J connectivity index is 1.84. The lowest BCUT2D eigenvalue weighted by molar-refractivity contribution is 0.0311. The fraction of sp³-hybridized carbons (Fsp3) is 0.625. The van der Waals surface area contributed by atoms with Gasteiger partial charge in [0, 0.05) is 44.5 Å². The van der Waals surface area contributed by atoms with Gasteiger partial charge in [-0.05, 0) is 31.5 Å². The number of nitrogen functional groups attached to an aromatic ring is 1. The number of anilines is 1. The second-order valence-corrected chi connectivity index (χ2v) is 5.76. The van der Waals surface area contributed by atoms with Gasteiger partial charge in [0.05, 0.1) is 13.2 Å². The van der Waals surface area contributed by atoms with Crippen LogP contribution in [-0.4, -0.2) is 55.2 Å². The highest BCUT2D eigenvalue weighted by molar-refractivity contribution is 5.39. The molecule has 1 aromatic carbocycles. The molecule has 0 radical (unpaired) electrons. The van der Waals surface area contributed by atoms with E-state index in [9.17, 15) is 0 Å². The normalized spacial score (nSPS) is 17.0. The first-order chi connectivity index (χ1) is 9.65. The van der Waals surface area contributed by atoms with E-state index in [1.165, 1.54) is 5.56 Å². The summed E-state index contributed by atoms with van der Waals surface area (Å²) in [7, 11) is 0. The van der Waals surface area contributed by atoms with Crippen LogP contribution in [0.2, 0.25) is 0 Å². The minimum atomic E-state index is 0.550. The third kappa shape index (κ3) is 4.78. The molecule has 1 fully saturated rings. The van der Waals surface area contributed by atoms with Crippen molar-refractivity contribution in [3.8, 4) is 0 Å². The van der Waals surface area contributed by atoms with Gasteiger partial charge in [0.25, 0.3) is 0 Å². The molecule has 1 heterocycles. The van der Waals surface area contributed by atoms with E-state index in [0.29, 0.717) is 6.04 Å². The SMILES string of the molecule is CC(C)N(CCN1CCOCC1)Cc1ccc(N)cc1. The zero-order chi connectivity index (χ0) is 14.4. The van der Waals surface area contributed by atoms with Crippen molar-refractivity contribution in [1.82, 2.24) is 9.80 Å². The Labute approximate surface area is 122 Å². The number of ether oxygens (including phenoxy) is 1. The number of hydrogen-bond donors (Lipinski definition) is 1. The molecular weight excluding hydrogens is 250 g/mol. The fourth-order valence-corrected chi connectivity index (χ4v) is 2.47. The maximum absolute atomic E-state index is 5.74. The molecule has 1 saturated heterocycles. The molecule has 0 bridgehead atoms. The molecular formula is C16H27N3O. The molecule has 20 heavy (non-hydrogen) atoms. The van der Waals surface area contributed by atoms with Crippen LogP contribution in [0.15, 0.2) is 24.3 Å². The quantitative estimate of drug-likeness (QED) is 0.805. The molecule has 0 atom stereocenters. The summed E-state index contributed by atoms with van der Waals surface area (Å²) < 4.78 is 5.39. The van der Waals surface area contributed by atoms with Crippen molar-refractivity contribution >= 4 is 5.69 Å². The zero-order valence-corrected chi connectivity index (χ0v) is 12.7.